The molecular formula is C13H18FNO. The highest BCUT2D eigenvalue weighted by Gasteiger charge is 2.46. The first kappa shape index (κ1) is 11.4. The van der Waals surface area contributed by atoms with Gasteiger partial charge in [0.1, 0.15) is 5.75 Å². The number of alkyl halides is 1. The molecule has 0 aliphatic heterocycles. The summed E-state index contributed by atoms with van der Waals surface area (Å²) in [7, 11) is 1.61. The maximum absolute atomic E-state index is 14.8. The molecule has 2 N–H and O–H groups in total. The summed E-state index contributed by atoms with van der Waals surface area (Å²) in [4.78, 5) is 0. The van der Waals surface area contributed by atoms with Gasteiger partial charge in [-0.2, -0.15) is 0 Å². The standard InChI is InChI=1S/C13H18FNO/c1-9-7-11(16-2)5-6-12(9)13(14,8-15)10-3-4-10/h5-7,10H,3-4,8,15H2,1-2H3. The molecule has 2 nitrogen and oxygen atoms in total. The molecule has 1 fully saturated rings. The topological polar surface area (TPSA) is 35.2 Å². The molecule has 0 radical (unpaired) electrons. The Hall–Kier alpha value is -1.09. The molecular weight excluding hydrogens is 205 g/mol. The van der Waals surface area contributed by atoms with Crippen LogP contribution in [-0.4, -0.2) is 13.7 Å². The van der Waals surface area contributed by atoms with Crippen LogP contribution in [-0.2, 0) is 5.67 Å². The first-order valence-electron chi connectivity index (χ1n) is 5.66. The van der Waals surface area contributed by atoms with Gasteiger partial charge in [0, 0.05) is 6.54 Å². The van der Waals surface area contributed by atoms with Crippen molar-refractivity contribution in [3.05, 3.63) is 29.3 Å². The number of methoxy groups -OCH3 is 1. The maximum Gasteiger partial charge on any atom is 0.151 e. The number of halogens is 1. The fourth-order valence-electron chi connectivity index (χ4n) is 2.27. The van der Waals surface area contributed by atoms with E-state index in [1.54, 1.807) is 19.2 Å². The monoisotopic (exact) mass is 223 g/mol. The molecule has 1 aliphatic carbocycles. The second-order valence-electron chi connectivity index (χ2n) is 4.52. The third-order valence-corrected chi connectivity index (χ3v) is 3.40. The van der Waals surface area contributed by atoms with Crippen LogP contribution in [0.1, 0.15) is 24.0 Å². The van der Waals surface area contributed by atoms with E-state index in [2.05, 4.69) is 0 Å². The van der Waals surface area contributed by atoms with E-state index in [9.17, 15) is 4.39 Å². The van der Waals surface area contributed by atoms with Gasteiger partial charge in [-0.25, -0.2) is 4.39 Å². The van der Waals surface area contributed by atoms with Crippen LogP contribution in [0.4, 0.5) is 4.39 Å². The van der Waals surface area contributed by atoms with Gasteiger partial charge in [0.05, 0.1) is 7.11 Å². The molecule has 16 heavy (non-hydrogen) atoms. The highest BCUT2D eigenvalue weighted by atomic mass is 19.1. The van der Waals surface area contributed by atoms with Gasteiger partial charge >= 0.3 is 0 Å². The second kappa shape index (κ2) is 4.06. The van der Waals surface area contributed by atoms with Crippen molar-refractivity contribution in [1.82, 2.24) is 0 Å². The van der Waals surface area contributed by atoms with Crippen molar-refractivity contribution in [3.8, 4) is 5.75 Å². The quantitative estimate of drug-likeness (QED) is 0.851. The molecule has 0 heterocycles. The molecule has 1 aliphatic rings. The van der Waals surface area contributed by atoms with Crippen LogP contribution in [0, 0.1) is 12.8 Å². The van der Waals surface area contributed by atoms with Crippen molar-refractivity contribution in [2.24, 2.45) is 11.7 Å². The zero-order valence-electron chi connectivity index (χ0n) is 9.79. The summed E-state index contributed by atoms with van der Waals surface area (Å²) in [6, 6.07) is 5.47. The molecule has 1 aromatic rings. The van der Waals surface area contributed by atoms with Crippen LogP contribution in [0.2, 0.25) is 0 Å². The van der Waals surface area contributed by atoms with E-state index in [1.165, 1.54) is 0 Å². The smallest absolute Gasteiger partial charge is 0.151 e. The number of hydrogen-bond acceptors (Lipinski definition) is 2. The highest BCUT2D eigenvalue weighted by molar-refractivity contribution is 5.39. The minimum atomic E-state index is -1.35. The van der Waals surface area contributed by atoms with Crippen molar-refractivity contribution < 1.29 is 9.13 Å². The second-order valence-corrected chi connectivity index (χ2v) is 4.52. The normalized spacial score (nSPS) is 19.2. The molecule has 1 aromatic carbocycles. The van der Waals surface area contributed by atoms with Crippen LogP contribution in [0.25, 0.3) is 0 Å². The number of rotatable bonds is 4. The molecule has 0 spiro atoms. The third-order valence-electron chi connectivity index (χ3n) is 3.40. The van der Waals surface area contributed by atoms with Crippen LogP contribution in [0.3, 0.4) is 0 Å². The molecule has 3 heteroatoms. The van der Waals surface area contributed by atoms with E-state index >= 15 is 0 Å². The van der Waals surface area contributed by atoms with E-state index in [1.807, 2.05) is 13.0 Å². The van der Waals surface area contributed by atoms with Gasteiger partial charge in [0.2, 0.25) is 0 Å². The largest absolute Gasteiger partial charge is 0.497 e. The third kappa shape index (κ3) is 1.80. The zero-order chi connectivity index (χ0) is 11.8. The van der Waals surface area contributed by atoms with Gasteiger partial charge in [-0.15, -0.1) is 0 Å². The van der Waals surface area contributed by atoms with Gasteiger partial charge in [-0.05, 0) is 48.9 Å². The van der Waals surface area contributed by atoms with Crippen molar-refractivity contribution in [1.29, 1.82) is 0 Å². The summed E-state index contributed by atoms with van der Waals surface area (Å²) < 4.78 is 19.9. The molecule has 0 aromatic heterocycles. The number of hydrogen-bond donors (Lipinski definition) is 1. The zero-order valence-corrected chi connectivity index (χ0v) is 9.79. The Morgan fingerprint density at radius 1 is 1.50 bits per heavy atom. The molecule has 1 atom stereocenters. The molecule has 1 unspecified atom stereocenters. The Bertz CT molecular complexity index is 390. The minimum absolute atomic E-state index is 0.0604. The average molecular weight is 223 g/mol. The Kier molecular flexibility index (Phi) is 2.89. The van der Waals surface area contributed by atoms with Crippen molar-refractivity contribution in [2.75, 3.05) is 13.7 Å². The molecule has 0 saturated heterocycles. The number of aryl methyl sites for hydroxylation is 1. The van der Waals surface area contributed by atoms with Gasteiger partial charge in [-0.3, -0.25) is 0 Å². The SMILES string of the molecule is COc1ccc(C(F)(CN)C2CC2)c(C)c1. The van der Waals surface area contributed by atoms with E-state index in [4.69, 9.17) is 10.5 Å². The molecule has 0 amide bonds. The average Bonchev–Trinajstić information content (AvgIpc) is 3.12. The molecule has 0 bridgehead atoms. The summed E-state index contributed by atoms with van der Waals surface area (Å²) in [6.45, 7) is 1.97. The lowest BCUT2D eigenvalue weighted by Crippen LogP contribution is -2.33. The van der Waals surface area contributed by atoms with Crippen molar-refractivity contribution in [3.63, 3.8) is 0 Å². The number of ether oxygens (including phenoxy) is 1. The van der Waals surface area contributed by atoms with Gasteiger partial charge in [0.25, 0.3) is 0 Å². The summed E-state index contributed by atoms with van der Waals surface area (Å²) in [5.41, 5.74) is 5.90. The van der Waals surface area contributed by atoms with Gasteiger partial charge < -0.3 is 10.5 Å². The van der Waals surface area contributed by atoms with E-state index < -0.39 is 5.67 Å². The summed E-state index contributed by atoms with van der Waals surface area (Å²) >= 11 is 0. The summed E-state index contributed by atoms with van der Waals surface area (Å²) in [6.07, 6.45) is 1.89. The Balaban J connectivity index is 2.38. The first-order valence-corrected chi connectivity index (χ1v) is 5.66. The van der Waals surface area contributed by atoms with Crippen LogP contribution < -0.4 is 10.5 Å². The van der Waals surface area contributed by atoms with Gasteiger partial charge in [-0.1, -0.05) is 6.07 Å². The van der Waals surface area contributed by atoms with E-state index in [0.29, 0.717) is 0 Å². The lowest BCUT2D eigenvalue weighted by Gasteiger charge is -2.26. The fourth-order valence-corrected chi connectivity index (χ4v) is 2.27. The Morgan fingerprint density at radius 3 is 2.62 bits per heavy atom. The predicted octanol–water partition coefficient (Wildman–Crippen LogP) is 2.54. The lowest BCUT2D eigenvalue weighted by atomic mass is 9.87. The van der Waals surface area contributed by atoms with Crippen LogP contribution >= 0.6 is 0 Å². The summed E-state index contributed by atoms with van der Waals surface area (Å²) in [5, 5.41) is 0. The molecule has 2 rings (SSSR count). The molecule has 88 valence electrons. The first-order chi connectivity index (χ1) is 7.61. The summed E-state index contributed by atoms with van der Waals surface area (Å²) in [5.74, 6) is 0.862. The predicted molar refractivity (Wildman–Crippen MR) is 62.3 cm³/mol. The Labute approximate surface area is 95.6 Å². The number of nitrogens with two attached hydrogens (primary N) is 1. The minimum Gasteiger partial charge on any atom is -0.497 e. The van der Waals surface area contributed by atoms with E-state index in [-0.39, 0.29) is 12.5 Å². The Morgan fingerprint density at radius 2 is 2.19 bits per heavy atom. The highest BCUT2D eigenvalue weighted by Crippen LogP contribution is 2.49. The number of benzene rings is 1. The lowest BCUT2D eigenvalue weighted by molar-refractivity contribution is 0.142. The van der Waals surface area contributed by atoms with Crippen molar-refractivity contribution in [2.45, 2.75) is 25.4 Å². The molecule has 1 saturated carbocycles. The van der Waals surface area contributed by atoms with E-state index in [0.717, 1.165) is 29.7 Å². The maximum atomic E-state index is 14.8. The van der Waals surface area contributed by atoms with Crippen LogP contribution in [0.5, 0.6) is 5.75 Å². The van der Waals surface area contributed by atoms with Crippen LogP contribution in [0.15, 0.2) is 18.2 Å². The fraction of sp³-hybridized carbons (Fsp3) is 0.538. The van der Waals surface area contributed by atoms with Crippen molar-refractivity contribution >= 4 is 0 Å². The van der Waals surface area contributed by atoms with Gasteiger partial charge in [0.15, 0.2) is 5.67 Å².